The summed E-state index contributed by atoms with van der Waals surface area (Å²) in [6, 6.07) is 6.22. The Labute approximate surface area is 83.4 Å². The lowest BCUT2D eigenvalue weighted by Gasteiger charge is -2.05. The Morgan fingerprint density at radius 3 is 3.00 bits per heavy atom. The summed E-state index contributed by atoms with van der Waals surface area (Å²) < 4.78 is 10.5. The summed E-state index contributed by atoms with van der Waals surface area (Å²) in [5, 5.41) is 0. The minimum Gasteiger partial charge on any atom is -0.454 e. The minimum atomic E-state index is 0.246. The standard InChI is InChI=1S/C11H13NO2/c1-8(12-2)5-9-3-4-10-11(6-9)14-7-13-10/h3-4,6,8H,2,5,7H2,1H3. The minimum absolute atomic E-state index is 0.246. The van der Waals surface area contributed by atoms with E-state index in [2.05, 4.69) is 11.7 Å². The van der Waals surface area contributed by atoms with Gasteiger partial charge in [-0.25, -0.2) is 0 Å². The first-order valence-electron chi connectivity index (χ1n) is 4.64. The van der Waals surface area contributed by atoms with Crippen LogP contribution in [0.25, 0.3) is 0 Å². The van der Waals surface area contributed by atoms with Crippen molar-refractivity contribution in [1.29, 1.82) is 0 Å². The summed E-state index contributed by atoms with van der Waals surface area (Å²) in [4.78, 5) is 3.96. The predicted octanol–water partition coefficient (Wildman–Crippen LogP) is 2.05. The number of hydrogen-bond donors (Lipinski definition) is 0. The largest absolute Gasteiger partial charge is 0.454 e. The molecule has 14 heavy (non-hydrogen) atoms. The third kappa shape index (κ3) is 1.71. The van der Waals surface area contributed by atoms with Gasteiger partial charge in [0, 0.05) is 0 Å². The van der Waals surface area contributed by atoms with E-state index in [-0.39, 0.29) is 6.04 Å². The third-order valence-corrected chi connectivity index (χ3v) is 2.28. The van der Waals surface area contributed by atoms with Gasteiger partial charge in [-0.3, -0.25) is 4.99 Å². The highest BCUT2D eigenvalue weighted by Gasteiger charge is 2.13. The van der Waals surface area contributed by atoms with Gasteiger partial charge in [0.1, 0.15) is 0 Å². The van der Waals surface area contributed by atoms with E-state index < -0.39 is 0 Å². The molecule has 0 N–H and O–H groups in total. The van der Waals surface area contributed by atoms with Crippen molar-refractivity contribution in [3.05, 3.63) is 23.8 Å². The van der Waals surface area contributed by atoms with Gasteiger partial charge >= 0.3 is 0 Å². The molecule has 0 fully saturated rings. The van der Waals surface area contributed by atoms with E-state index in [0.29, 0.717) is 6.79 Å². The fraction of sp³-hybridized carbons (Fsp3) is 0.364. The first-order chi connectivity index (χ1) is 6.79. The fourth-order valence-electron chi connectivity index (χ4n) is 1.47. The third-order valence-electron chi connectivity index (χ3n) is 2.28. The van der Waals surface area contributed by atoms with Crippen molar-refractivity contribution >= 4 is 6.72 Å². The highest BCUT2D eigenvalue weighted by molar-refractivity contribution is 5.44. The molecule has 2 rings (SSSR count). The van der Waals surface area contributed by atoms with Crippen molar-refractivity contribution in [1.82, 2.24) is 0 Å². The maximum atomic E-state index is 5.29. The quantitative estimate of drug-likeness (QED) is 0.684. The topological polar surface area (TPSA) is 30.8 Å². The molecule has 74 valence electrons. The summed E-state index contributed by atoms with van der Waals surface area (Å²) in [5.74, 6) is 1.66. The number of fused-ring (bicyclic) bond motifs is 1. The van der Waals surface area contributed by atoms with Crippen molar-refractivity contribution in [3.8, 4) is 11.5 Å². The van der Waals surface area contributed by atoms with Gasteiger partial charge in [-0.2, -0.15) is 0 Å². The van der Waals surface area contributed by atoms with Crippen LogP contribution in [0, 0.1) is 0 Å². The monoisotopic (exact) mass is 191 g/mol. The zero-order chi connectivity index (χ0) is 9.97. The second-order valence-corrected chi connectivity index (χ2v) is 3.42. The van der Waals surface area contributed by atoms with Crippen molar-refractivity contribution in [2.75, 3.05) is 6.79 Å². The molecule has 1 aliphatic rings. The van der Waals surface area contributed by atoms with E-state index >= 15 is 0 Å². The van der Waals surface area contributed by atoms with Gasteiger partial charge in [0.25, 0.3) is 0 Å². The van der Waals surface area contributed by atoms with Crippen molar-refractivity contribution < 1.29 is 9.47 Å². The molecule has 0 aromatic heterocycles. The molecule has 0 bridgehead atoms. The zero-order valence-electron chi connectivity index (χ0n) is 8.19. The predicted molar refractivity (Wildman–Crippen MR) is 55.3 cm³/mol. The van der Waals surface area contributed by atoms with Crippen molar-refractivity contribution in [2.45, 2.75) is 19.4 Å². The zero-order valence-corrected chi connectivity index (χ0v) is 8.19. The molecule has 1 aromatic rings. The number of aliphatic imine (C=N–C) groups is 1. The van der Waals surface area contributed by atoms with Crippen LogP contribution >= 0.6 is 0 Å². The van der Waals surface area contributed by atoms with E-state index in [1.54, 1.807) is 0 Å². The van der Waals surface area contributed by atoms with Crippen LogP contribution in [0.3, 0.4) is 0 Å². The lowest BCUT2D eigenvalue weighted by Crippen LogP contribution is -2.01. The second-order valence-electron chi connectivity index (χ2n) is 3.42. The number of hydrogen-bond acceptors (Lipinski definition) is 3. The van der Waals surface area contributed by atoms with Crippen LogP contribution in [-0.4, -0.2) is 19.6 Å². The molecule has 1 aliphatic heterocycles. The van der Waals surface area contributed by atoms with Gasteiger partial charge in [0.2, 0.25) is 6.79 Å². The van der Waals surface area contributed by atoms with Crippen LogP contribution in [-0.2, 0) is 6.42 Å². The Hall–Kier alpha value is -1.51. The van der Waals surface area contributed by atoms with E-state index in [1.807, 2.05) is 25.1 Å². The smallest absolute Gasteiger partial charge is 0.231 e. The van der Waals surface area contributed by atoms with Gasteiger partial charge in [-0.15, -0.1) is 0 Å². The number of nitrogens with zero attached hydrogens (tertiary/aromatic N) is 1. The normalized spacial score (nSPS) is 15.2. The van der Waals surface area contributed by atoms with Crippen LogP contribution < -0.4 is 9.47 Å². The van der Waals surface area contributed by atoms with E-state index in [4.69, 9.17) is 9.47 Å². The lowest BCUT2D eigenvalue weighted by molar-refractivity contribution is 0.174. The molecule has 3 heteroatoms. The van der Waals surface area contributed by atoms with Gasteiger partial charge in [-0.05, 0) is 37.8 Å². The molecule has 1 heterocycles. The molecular formula is C11H13NO2. The Kier molecular flexibility index (Phi) is 2.39. The molecule has 0 aliphatic carbocycles. The van der Waals surface area contributed by atoms with Crippen LogP contribution in [0.15, 0.2) is 23.2 Å². The SMILES string of the molecule is C=NC(C)Cc1ccc2c(c1)OCO2. The summed E-state index contributed by atoms with van der Waals surface area (Å²) in [6.07, 6.45) is 0.889. The maximum Gasteiger partial charge on any atom is 0.231 e. The Morgan fingerprint density at radius 2 is 2.21 bits per heavy atom. The molecule has 3 nitrogen and oxygen atoms in total. The Balaban J connectivity index is 2.16. The summed E-state index contributed by atoms with van der Waals surface area (Å²) in [5.41, 5.74) is 1.20. The van der Waals surface area contributed by atoms with Crippen LogP contribution in [0.4, 0.5) is 0 Å². The first kappa shape index (κ1) is 9.06. The summed E-state index contributed by atoms with van der Waals surface area (Å²) in [7, 11) is 0. The lowest BCUT2D eigenvalue weighted by atomic mass is 10.1. The Morgan fingerprint density at radius 1 is 1.43 bits per heavy atom. The summed E-state index contributed by atoms with van der Waals surface area (Å²) >= 11 is 0. The number of ether oxygens (including phenoxy) is 2. The van der Waals surface area contributed by atoms with Gasteiger partial charge in [0.15, 0.2) is 11.5 Å². The summed E-state index contributed by atoms with van der Waals surface area (Å²) in [6.45, 7) is 5.89. The van der Waals surface area contributed by atoms with Crippen molar-refractivity contribution in [2.24, 2.45) is 4.99 Å². The molecule has 1 atom stereocenters. The average Bonchev–Trinajstić information content (AvgIpc) is 2.64. The number of rotatable bonds is 3. The Bertz CT molecular complexity index is 349. The second kappa shape index (κ2) is 3.70. The highest BCUT2D eigenvalue weighted by Crippen LogP contribution is 2.32. The van der Waals surface area contributed by atoms with Crippen LogP contribution in [0.1, 0.15) is 12.5 Å². The average molecular weight is 191 g/mol. The fourth-order valence-corrected chi connectivity index (χ4v) is 1.47. The van der Waals surface area contributed by atoms with Crippen LogP contribution in [0.5, 0.6) is 11.5 Å². The first-order valence-corrected chi connectivity index (χ1v) is 4.64. The number of benzene rings is 1. The molecule has 0 saturated carbocycles. The molecule has 0 amide bonds. The maximum absolute atomic E-state index is 5.29. The molecule has 0 spiro atoms. The molecule has 1 aromatic carbocycles. The molecule has 0 saturated heterocycles. The van der Waals surface area contributed by atoms with Gasteiger partial charge in [0.05, 0.1) is 6.04 Å². The highest BCUT2D eigenvalue weighted by atomic mass is 16.7. The molecular weight excluding hydrogens is 178 g/mol. The molecule has 1 unspecified atom stereocenters. The van der Waals surface area contributed by atoms with Crippen LogP contribution in [0.2, 0.25) is 0 Å². The molecule has 0 radical (unpaired) electrons. The van der Waals surface area contributed by atoms with Gasteiger partial charge in [-0.1, -0.05) is 6.07 Å². The van der Waals surface area contributed by atoms with E-state index in [0.717, 1.165) is 17.9 Å². The van der Waals surface area contributed by atoms with E-state index in [1.165, 1.54) is 5.56 Å². The van der Waals surface area contributed by atoms with Gasteiger partial charge < -0.3 is 9.47 Å². The van der Waals surface area contributed by atoms with E-state index in [9.17, 15) is 0 Å². The van der Waals surface area contributed by atoms with Crippen molar-refractivity contribution in [3.63, 3.8) is 0 Å².